The Hall–Kier alpha value is -8.10. The third-order valence-corrected chi connectivity index (χ3v) is 12.6. The van der Waals surface area contributed by atoms with E-state index in [0.29, 0.717) is 26.1 Å². The molecule has 2 aliphatic heterocycles. The number of carbonyl (C=O) groups excluding carboxylic acids is 2. The van der Waals surface area contributed by atoms with E-state index in [2.05, 4.69) is 151 Å². The summed E-state index contributed by atoms with van der Waals surface area (Å²) in [4.78, 5) is 41.8. The number of aromatic nitrogens is 4. The predicted octanol–water partition coefficient (Wildman–Crippen LogP) is 15.0. The van der Waals surface area contributed by atoms with Gasteiger partial charge in [-0.05, 0) is 153 Å². The number of H-pyrrole nitrogens is 2. The van der Waals surface area contributed by atoms with Crippen molar-refractivity contribution in [1.82, 2.24) is 19.9 Å². The second kappa shape index (κ2) is 21.7. The molecule has 8 nitrogen and oxygen atoms in total. The number of aromatic amines is 2. The highest BCUT2D eigenvalue weighted by atomic mass is 16.5. The zero-order valence-electron chi connectivity index (χ0n) is 39.1. The van der Waals surface area contributed by atoms with Gasteiger partial charge in [0.2, 0.25) is 0 Å². The van der Waals surface area contributed by atoms with Gasteiger partial charge in [-0.25, -0.2) is 9.97 Å². The molecule has 0 amide bonds. The summed E-state index contributed by atoms with van der Waals surface area (Å²) in [7, 11) is 0. The summed E-state index contributed by atoms with van der Waals surface area (Å²) in [5.74, 6) is 1.74. The van der Waals surface area contributed by atoms with E-state index in [-0.39, 0.29) is 11.6 Å². The Kier molecular flexibility index (Phi) is 14.5. The third kappa shape index (κ3) is 10.9. The summed E-state index contributed by atoms with van der Waals surface area (Å²) in [6.07, 6.45) is 17.5. The summed E-state index contributed by atoms with van der Waals surface area (Å²) in [5.41, 5.74) is 16.2. The quantitative estimate of drug-likeness (QED) is 0.0582. The molecule has 0 saturated carbocycles. The number of ether oxygens (including phenoxy) is 2. The Morgan fingerprint density at radius 2 is 0.797 bits per heavy atom. The number of carbonyl (C=O) groups is 2. The van der Waals surface area contributed by atoms with Gasteiger partial charge < -0.3 is 19.4 Å². The van der Waals surface area contributed by atoms with Crippen molar-refractivity contribution >= 4 is 57.9 Å². The van der Waals surface area contributed by atoms with Crippen LogP contribution in [-0.4, -0.2) is 44.7 Å². The number of nitrogens with one attached hydrogen (secondary N) is 2. The van der Waals surface area contributed by atoms with Crippen LogP contribution in [0.25, 0.3) is 90.9 Å². The molecule has 8 heteroatoms. The first-order chi connectivity index (χ1) is 33.8. The van der Waals surface area contributed by atoms with Crippen molar-refractivity contribution in [1.29, 1.82) is 0 Å². The van der Waals surface area contributed by atoms with Gasteiger partial charge in [0.1, 0.15) is 11.5 Å². The summed E-state index contributed by atoms with van der Waals surface area (Å²) in [5, 5.41) is 0. The molecule has 0 atom stereocenters. The standard InChI is InChI=1S/C61H56N4O4/c1-4-46(66)17-11-7-13-39-68-48-27-23-44(24-28-48)60-54-33-31-50(62-54)58(42-15-9-6-10-16-42)51-32-34-55(63-51)61(45-25-29-49(30-26-45)69-40-14-8-12-18-47(67)5-2)57-38-36-53(65-57)59(52-35-37-56(60)64-52)43-21-19-41(3)20-22-43/h4-6,9-10,15-16,19-38,62,65H,1-2,7-8,11-14,17-18,39-40H2,3H3. The maximum Gasteiger partial charge on any atom is 0.155 e. The molecule has 2 N–H and O–H groups in total. The molecule has 4 aromatic carbocycles. The van der Waals surface area contributed by atoms with Crippen LogP contribution in [0.4, 0.5) is 0 Å². The van der Waals surface area contributed by atoms with Gasteiger partial charge in [-0.2, -0.15) is 0 Å². The van der Waals surface area contributed by atoms with Crippen molar-refractivity contribution in [3.8, 4) is 56.0 Å². The normalized spacial score (nSPS) is 11.7. The lowest BCUT2D eigenvalue weighted by Gasteiger charge is -2.09. The lowest BCUT2D eigenvalue weighted by molar-refractivity contribution is -0.115. The molecule has 9 rings (SSSR count). The van der Waals surface area contributed by atoms with Crippen LogP contribution in [-0.2, 0) is 9.59 Å². The number of rotatable bonds is 20. The third-order valence-electron chi connectivity index (χ3n) is 12.6. The van der Waals surface area contributed by atoms with E-state index in [1.807, 2.05) is 30.3 Å². The van der Waals surface area contributed by atoms with E-state index in [1.165, 1.54) is 17.7 Å². The highest BCUT2D eigenvalue weighted by molar-refractivity contribution is 6.00. The average molecular weight is 909 g/mol. The number of unbranched alkanes of at least 4 members (excludes halogenated alkanes) is 4. The minimum absolute atomic E-state index is 0.0828. The van der Waals surface area contributed by atoms with Gasteiger partial charge in [-0.1, -0.05) is 97.6 Å². The first-order valence-corrected chi connectivity index (χ1v) is 23.9. The van der Waals surface area contributed by atoms with Gasteiger partial charge in [0, 0.05) is 57.2 Å². The highest BCUT2D eigenvalue weighted by Crippen LogP contribution is 2.39. The van der Waals surface area contributed by atoms with Crippen LogP contribution in [0.2, 0.25) is 0 Å². The number of hydrogen-bond acceptors (Lipinski definition) is 6. The van der Waals surface area contributed by atoms with E-state index in [9.17, 15) is 9.59 Å². The fraction of sp³-hybridized carbons (Fsp3) is 0.180. The molecule has 0 fully saturated rings. The van der Waals surface area contributed by atoms with Crippen molar-refractivity contribution in [2.75, 3.05) is 13.2 Å². The number of fused-ring (bicyclic) bond motifs is 8. The average Bonchev–Trinajstić information content (AvgIpc) is 4.24. The fourth-order valence-corrected chi connectivity index (χ4v) is 8.92. The van der Waals surface area contributed by atoms with Gasteiger partial charge >= 0.3 is 0 Å². The molecule has 344 valence electrons. The topological polar surface area (TPSA) is 110 Å². The molecular formula is C61H56N4O4. The summed E-state index contributed by atoms with van der Waals surface area (Å²) < 4.78 is 12.3. The van der Waals surface area contributed by atoms with E-state index in [1.54, 1.807) is 0 Å². The van der Waals surface area contributed by atoms with Crippen molar-refractivity contribution in [3.63, 3.8) is 0 Å². The Bertz CT molecular complexity index is 3160. The highest BCUT2D eigenvalue weighted by Gasteiger charge is 2.19. The first kappa shape index (κ1) is 46.0. The monoisotopic (exact) mass is 908 g/mol. The predicted molar refractivity (Wildman–Crippen MR) is 284 cm³/mol. The second-order valence-electron chi connectivity index (χ2n) is 17.4. The van der Waals surface area contributed by atoms with Crippen LogP contribution < -0.4 is 9.47 Å². The van der Waals surface area contributed by atoms with E-state index in [4.69, 9.17) is 19.4 Å². The van der Waals surface area contributed by atoms with Crippen molar-refractivity contribution < 1.29 is 19.1 Å². The van der Waals surface area contributed by atoms with Crippen molar-refractivity contribution in [2.45, 2.75) is 58.3 Å². The molecule has 2 aliphatic rings. The summed E-state index contributed by atoms with van der Waals surface area (Å²) >= 11 is 0. The Morgan fingerprint density at radius 3 is 1.16 bits per heavy atom. The second-order valence-corrected chi connectivity index (χ2v) is 17.4. The van der Waals surface area contributed by atoms with Crippen LogP contribution >= 0.6 is 0 Å². The number of aryl methyl sites for hydroxylation is 1. The van der Waals surface area contributed by atoms with Crippen LogP contribution in [0.5, 0.6) is 11.5 Å². The molecule has 0 aliphatic carbocycles. The van der Waals surface area contributed by atoms with Gasteiger partial charge in [0.15, 0.2) is 11.6 Å². The number of hydrogen-bond donors (Lipinski definition) is 2. The molecule has 0 unspecified atom stereocenters. The lowest BCUT2D eigenvalue weighted by atomic mass is 10.0. The summed E-state index contributed by atoms with van der Waals surface area (Å²) in [6, 6.07) is 44.0. The molecule has 7 aromatic rings. The number of allylic oxidation sites excluding steroid dienone is 2. The molecule has 0 radical (unpaired) electrons. The Balaban J connectivity index is 1.18. The van der Waals surface area contributed by atoms with Gasteiger partial charge in [-0.3, -0.25) is 9.59 Å². The van der Waals surface area contributed by atoms with Crippen LogP contribution in [0.3, 0.4) is 0 Å². The SMILES string of the molecule is C=CC(=O)CCCCCOc1ccc(-c2c3nc(c(-c4ccc(C)cc4)c4ccc([nH]4)c(-c4ccc(OCCCCCC(=O)C=C)cc4)c4nc(c(-c5ccccc5)c5ccc2[nH]5)C=C4)C=C3)cc1. The molecule has 3 aromatic heterocycles. The molecule has 0 saturated heterocycles. The van der Waals surface area contributed by atoms with Crippen LogP contribution in [0, 0.1) is 6.92 Å². The number of ketones is 2. The molecule has 5 heterocycles. The van der Waals surface area contributed by atoms with E-state index < -0.39 is 0 Å². The largest absolute Gasteiger partial charge is 0.494 e. The van der Waals surface area contributed by atoms with Gasteiger partial charge in [0.25, 0.3) is 0 Å². The number of benzene rings is 4. The van der Waals surface area contributed by atoms with Crippen molar-refractivity contribution in [3.05, 3.63) is 181 Å². The van der Waals surface area contributed by atoms with Gasteiger partial charge in [0.05, 0.1) is 36.0 Å². The smallest absolute Gasteiger partial charge is 0.155 e. The maximum absolute atomic E-state index is 11.6. The minimum atomic E-state index is 0.0828. The molecule has 0 spiro atoms. The van der Waals surface area contributed by atoms with Gasteiger partial charge in [-0.15, -0.1) is 0 Å². The number of nitrogens with zero attached hydrogens (tertiary/aromatic N) is 2. The van der Waals surface area contributed by atoms with Crippen molar-refractivity contribution in [2.24, 2.45) is 0 Å². The maximum atomic E-state index is 11.6. The summed E-state index contributed by atoms with van der Waals surface area (Å²) in [6.45, 7) is 10.4. The first-order valence-electron chi connectivity index (χ1n) is 23.9. The minimum Gasteiger partial charge on any atom is -0.494 e. The fourth-order valence-electron chi connectivity index (χ4n) is 8.92. The Labute approximate surface area is 403 Å². The molecule has 8 bridgehead atoms. The molecular weight excluding hydrogens is 853 g/mol. The molecule has 69 heavy (non-hydrogen) atoms. The van der Waals surface area contributed by atoms with E-state index >= 15 is 0 Å². The lowest BCUT2D eigenvalue weighted by Crippen LogP contribution is -1.98. The zero-order chi connectivity index (χ0) is 47.5. The van der Waals surface area contributed by atoms with Crippen LogP contribution in [0.1, 0.15) is 79.7 Å². The van der Waals surface area contributed by atoms with E-state index in [0.717, 1.165) is 139 Å². The zero-order valence-corrected chi connectivity index (χ0v) is 39.1. The van der Waals surface area contributed by atoms with Crippen LogP contribution in [0.15, 0.2) is 153 Å². The Morgan fingerprint density at radius 1 is 0.449 bits per heavy atom.